The van der Waals surface area contributed by atoms with Crippen LogP contribution < -0.4 is 10.6 Å². The van der Waals surface area contributed by atoms with Gasteiger partial charge in [-0.05, 0) is 55.4 Å². The van der Waals surface area contributed by atoms with Crippen LogP contribution in [0.1, 0.15) is 58.1 Å². The molecule has 0 bridgehead atoms. The fourth-order valence-corrected chi connectivity index (χ4v) is 4.22. The van der Waals surface area contributed by atoms with Crippen molar-refractivity contribution < 1.29 is 23.9 Å². The minimum atomic E-state index is -0.831. The van der Waals surface area contributed by atoms with E-state index in [4.69, 9.17) is 9.47 Å². The first kappa shape index (κ1) is 26.4. The van der Waals surface area contributed by atoms with Gasteiger partial charge in [-0.25, -0.2) is 4.79 Å². The molecule has 35 heavy (non-hydrogen) atoms. The van der Waals surface area contributed by atoms with E-state index in [1.165, 1.54) is 0 Å². The molecule has 1 aliphatic rings. The van der Waals surface area contributed by atoms with Crippen molar-refractivity contribution in [1.82, 2.24) is 10.6 Å². The number of carbonyl (C=O) groups excluding carboxylic acids is 3. The van der Waals surface area contributed by atoms with Crippen LogP contribution >= 0.6 is 0 Å². The number of carbonyl (C=O) groups is 3. The quantitative estimate of drug-likeness (QED) is 0.491. The smallest absolute Gasteiger partial charge is 0.407 e. The van der Waals surface area contributed by atoms with Gasteiger partial charge in [-0.15, -0.1) is 0 Å². The average molecular weight is 481 g/mol. The first-order chi connectivity index (χ1) is 16.6. The number of nitrogens with one attached hydrogen (secondary N) is 2. The molecule has 0 radical (unpaired) electrons. The predicted molar refractivity (Wildman–Crippen MR) is 135 cm³/mol. The number of benzene rings is 2. The Bertz CT molecular complexity index is 998. The lowest BCUT2D eigenvalue weighted by atomic mass is 9.98. The van der Waals surface area contributed by atoms with Crippen molar-refractivity contribution in [3.63, 3.8) is 0 Å². The topological polar surface area (TPSA) is 93.7 Å². The summed E-state index contributed by atoms with van der Waals surface area (Å²) < 4.78 is 11.2. The maximum Gasteiger partial charge on any atom is 0.407 e. The molecule has 7 heteroatoms. The van der Waals surface area contributed by atoms with Gasteiger partial charge in [-0.1, -0.05) is 62.4 Å². The second-order valence-corrected chi connectivity index (χ2v) is 10.3. The van der Waals surface area contributed by atoms with Crippen molar-refractivity contribution in [3.05, 3.63) is 59.7 Å². The molecule has 0 aliphatic heterocycles. The Hall–Kier alpha value is -3.19. The number of fused-ring (bicyclic) bond motifs is 3. The molecule has 7 nitrogen and oxygen atoms in total. The van der Waals surface area contributed by atoms with Crippen LogP contribution in [0.15, 0.2) is 48.5 Å². The minimum absolute atomic E-state index is 0.0537. The Morgan fingerprint density at radius 1 is 0.971 bits per heavy atom. The number of alkyl carbamates (subject to hydrolysis) is 1. The van der Waals surface area contributed by atoms with Gasteiger partial charge >= 0.3 is 6.09 Å². The largest absolute Gasteiger partial charge is 0.449 e. The summed E-state index contributed by atoms with van der Waals surface area (Å²) in [5, 5.41) is 5.36. The Balaban J connectivity index is 1.63. The molecule has 2 aromatic carbocycles. The molecule has 2 atom stereocenters. The van der Waals surface area contributed by atoms with Crippen molar-refractivity contribution in [2.75, 3.05) is 13.2 Å². The second-order valence-electron chi connectivity index (χ2n) is 10.3. The standard InChI is InChI=1S/C28H36N2O5/c1-18(2)14-25(26(32)29-19(15-31)16-35-28(3,4)5)30-27(33)34-17-24-22-12-8-6-10-20(22)21-11-7-9-13-23(21)24/h6-13,15,18-19,24-25H,14,16-17H2,1-5H3,(H,29,32)(H,30,33)/t19-,25+/m1/s1. The zero-order valence-electron chi connectivity index (χ0n) is 21.2. The highest BCUT2D eigenvalue weighted by Crippen LogP contribution is 2.44. The van der Waals surface area contributed by atoms with Gasteiger partial charge in [0, 0.05) is 5.92 Å². The molecule has 0 aromatic heterocycles. The first-order valence-electron chi connectivity index (χ1n) is 12.1. The zero-order valence-corrected chi connectivity index (χ0v) is 21.2. The molecule has 0 fully saturated rings. The van der Waals surface area contributed by atoms with Crippen LogP contribution in [0.5, 0.6) is 0 Å². The van der Waals surface area contributed by atoms with Gasteiger partial charge in [-0.3, -0.25) is 4.79 Å². The highest BCUT2D eigenvalue weighted by Gasteiger charge is 2.30. The molecular formula is C28H36N2O5. The summed E-state index contributed by atoms with van der Waals surface area (Å²) in [6.07, 6.45) is 0.381. The van der Waals surface area contributed by atoms with E-state index in [0.29, 0.717) is 12.7 Å². The fourth-order valence-electron chi connectivity index (χ4n) is 4.22. The third-order valence-corrected chi connectivity index (χ3v) is 5.85. The van der Waals surface area contributed by atoms with E-state index >= 15 is 0 Å². The number of amides is 2. The molecule has 1 aliphatic carbocycles. The Morgan fingerprint density at radius 3 is 2.06 bits per heavy atom. The normalized spacial score (nSPS) is 14.6. The molecule has 0 unspecified atom stereocenters. The van der Waals surface area contributed by atoms with Gasteiger partial charge in [0.2, 0.25) is 5.91 Å². The number of rotatable bonds is 10. The summed E-state index contributed by atoms with van der Waals surface area (Å²) in [6, 6.07) is 14.6. The van der Waals surface area contributed by atoms with Gasteiger partial charge < -0.3 is 24.9 Å². The van der Waals surface area contributed by atoms with Crippen LogP contribution in [0.3, 0.4) is 0 Å². The van der Waals surface area contributed by atoms with E-state index in [0.717, 1.165) is 22.3 Å². The lowest BCUT2D eigenvalue weighted by Crippen LogP contribution is -2.52. The highest BCUT2D eigenvalue weighted by atomic mass is 16.5. The van der Waals surface area contributed by atoms with Gasteiger partial charge in [0.05, 0.1) is 12.2 Å². The summed E-state index contributed by atoms with van der Waals surface area (Å²) in [6.45, 7) is 9.74. The van der Waals surface area contributed by atoms with Gasteiger partial charge in [0.25, 0.3) is 0 Å². The van der Waals surface area contributed by atoms with Gasteiger partial charge in [0.1, 0.15) is 25.0 Å². The minimum Gasteiger partial charge on any atom is -0.449 e. The van der Waals surface area contributed by atoms with Crippen molar-refractivity contribution in [2.45, 2.75) is 64.6 Å². The van der Waals surface area contributed by atoms with E-state index in [1.54, 1.807) is 0 Å². The molecule has 0 saturated carbocycles. The van der Waals surface area contributed by atoms with E-state index in [9.17, 15) is 14.4 Å². The van der Waals surface area contributed by atoms with Gasteiger partial charge in [-0.2, -0.15) is 0 Å². The lowest BCUT2D eigenvalue weighted by Gasteiger charge is -2.25. The molecule has 0 saturated heterocycles. The molecule has 0 spiro atoms. The summed E-state index contributed by atoms with van der Waals surface area (Å²) in [5.41, 5.74) is 4.08. The fraction of sp³-hybridized carbons (Fsp3) is 0.464. The number of ether oxygens (including phenoxy) is 2. The SMILES string of the molecule is CC(C)C[C@H](NC(=O)OCC1c2ccccc2-c2ccccc21)C(=O)N[C@H](C=O)COC(C)(C)C. The van der Waals surface area contributed by atoms with Crippen LogP contribution in [0.25, 0.3) is 11.1 Å². The van der Waals surface area contributed by atoms with Crippen molar-refractivity contribution in [2.24, 2.45) is 5.92 Å². The Morgan fingerprint density at radius 2 is 1.54 bits per heavy atom. The second kappa shape index (κ2) is 11.5. The molecule has 2 amide bonds. The van der Waals surface area contributed by atoms with E-state index in [2.05, 4.69) is 34.9 Å². The summed E-state index contributed by atoms with van der Waals surface area (Å²) >= 11 is 0. The van der Waals surface area contributed by atoms with Crippen LogP contribution in [-0.4, -0.2) is 49.2 Å². The van der Waals surface area contributed by atoms with Crippen molar-refractivity contribution in [1.29, 1.82) is 0 Å². The molecule has 3 rings (SSSR count). The zero-order chi connectivity index (χ0) is 25.6. The molecule has 0 heterocycles. The Kier molecular flexibility index (Phi) is 8.67. The van der Waals surface area contributed by atoms with E-state index in [-0.39, 0.29) is 25.0 Å². The number of hydrogen-bond acceptors (Lipinski definition) is 5. The van der Waals surface area contributed by atoms with Crippen molar-refractivity contribution >= 4 is 18.3 Å². The Labute approximate surface area is 207 Å². The summed E-state index contributed by atoms with van der Waals surface area (Å²) in [5.74, 6) is -0.374. The van der Waals surface area contributed by atoms with Gasteiger partial charge in [0.15, 0.2) is 0 Å². The summed E-state index contributed by atoms with van der Waals surface area (Å²) in [4.78, 5) is 37.1. The third kappa shape index (κ3) is 7.15. The maximum atomic E-state index is 12.9. The molecule has 2 N–H and O–H groups in total. The average Bonchev–Trinajstić information content (AvgIpc) is 3.12. The predicted octanol–water partition coefficient (Wildman–Crippen LogP) is 4.44. The highest BCUT2D eigenvalue weighted by molar-refractivity contribution is 5.87. The maximum absolute atomic E-state index is 12.9. The molecule has 2 aromatic rings. The van der Waals surface area contributed by atoms with Crippen LogP contribution in [0, 0.1) is 5.92 Å². The molecular weight excluding hydrogens is 444 g/mol. The van der Waals surface area contributed by atoms with E-state index < -0.39 is 29.7 Å². The number of aldehydes is 1. The lowest BCUT2D eigenvalue weighted by molar-refractivity contribution is -0.128. The number of hydrogen-bond donors (Lipinski definition) is 2. The van der Waals surface area contributed by atoms with E-state index in [1.807, 2.05) is 58.9 Å². The monoisotopic (exact) mass is 480 g/mol. The van der Waals surface area contributed by atoms with Crippen LogP contribution in [0.4, 0.5) is 4.79 Å². The van der Waals surface area contributed by atoms with Crippen molar-refractivity contribution in [3.8, 4) is 11.1 Å². The molecule has 188 valence electrons. The van der Waals surface area contributed by atoms with Crippen LogP contribution in [-0.2, 0) is 19.1 Å². The third-order valence-electron chi connectivity index (χ3n) is 5.85. The van der Waals surface area contributed by atoms with Crippen LogP contribution in [0.2, 0.25) is 0 Å². The first-order valence-corrected chi connectivity index (χ1v) is 12.1. The summed E-state index contributed by atoms with van der Waals surface area (Å²) in [7, 11) is 0.